The number of hydrogen-bond acceptors (Lipinski definition) is 5. The number of likely N-dealkylation sites (N-methyl/N-ethyl adjacent to an activating group) is 1. The van der Waals surface area contributed by atoms with Crippen LogP contribution in [0.2, 0.25) is 0 Å². The summed E-state index contributed by atoms with van der Waals surface area (Å²) in [7, 11) is 1.56. The first-order chi connectivity index (χ1) is 17.0. The molecule has 1 aliphatic carbocycles. The van der Waals surface area contributed by atoms with Crippen molar-refractivity contribution in [2.45, 2.75) is 38.0 Å². The predicted molar refractivity (Wildman–Crippen MR) is 131 cm³/mol. The number of nitrogens with zero attached hydrogens (tertiary/aromatic N) is 1. The average molecular weight is 473 g/mol. The summed E-state index contributed by atoms with van der Waals surface area (Å²) in [5.41, 5.74) is 2.10. The second-order valence-electron chi connectivity index (χ2n) is 8.56. The molecule has 0 radical (unpaired) electrons. The second-order valence-corrected chi connectivity index (χ2v) is 8.56. The Hall–Kier alpha value is -4.13. The molecule has 1 N–H and O–H groups in total. The van der Waals surface area contributed by atoms with Gasteiger partial charge in [0.15, 0.2) is 5.78 Å². The van der Waals surface area contributed by atoms with Crippen molar-refractivity contribution in [3.05, 3.63) is 102 Å². The molecule has 2 amide bonds. The molecule has 1 fully saturated rings. The van der Waals surface area contributed by atoms with Crippen molar-refractivity contribution in [2.24, 2.45) is 0 Å². The van der Waals surface area contributed by atoms with Gasteiger partial charge in [0.05, 0.1) is 0 Å². The van der Waals surface area contributed by atoms with Crippen LogP contribution < -0.4 is 10.1 Å². The van der Waals surface area contributed by atoms with E-state index in [1.807, 2.05) is 60.7 Å². The maximum absolute atomic E-state index is 13.6. The fourth-order valence-corrected chi connectivity index (χ4v) is 3.63. The van der Waals surface area contributed by atoms with E-state index in [2.05, 4.69) is 5.32 Å². The normalized spacial score (nSPS) is 13.4. The number of carbonyl (C=O) groups excluding carboxylic acids is 3. The van der Waals surface area contributed by atoms with Crippen molar-refractivity contribution in [1.29, 1.82) is 0 Å². The molecule has 180 valence electrons. The summed E-state index contributed by atoms with van der Waals surface area (Å²) in [6, 6.07) is 24.6. The van der Waals surface area contributed by atoms with Gasteiger partial charge < -0.3 is 19.7 Å². The van der Waals surface area contributed by atoms with E-state index in [4.69, 9.17) is 9.47 Å². The van der Waals surface area contributed by atoms with Gasteiger partial charge in [-0.15, -0.1) is 0 Å². The molecular weight excluding hydrogens is 444 g/mol. The van der Waals surface area contributed by atoms with E-state index in [1.165, 1.54) is 11.0 Å². The highest BCUT2D eigenvalue weighted by atomic mass is 16.6. The van der Waals surface area contributed by atoms with Crippen LogP contribution in [0.25, 0.3) is 0 Å². The highest BCUT2D eigenvalue weighted by molar-refractivity contribution is 6.02. The molecular formula is C28H28N2O5. The zero-order chi connectivity index (χ0) is 24.6. The smallest absolute Gasteiger partial charge is 0.412 e. The van der Waals surface area contributed by atoms with Crippen LogP contribution in [-0.2, 0) is 17.8 Å². The van der Waals surface area contributed by atoms with Crippen molar-refractivity contribution < 1.29 is 23.9 Å². The number of amides is 2. The molecule has 4 rings (SSSR count). The molecule has 0 unspecified atom stereocenters. The monoisotopic (exact) mass is 472 g/mol. The number of benzene rings is 3. The lowest BCUT2D eigenvalue weighted by atomic mass is 9.96. The third-order valence-corrected chi connectivity index (χ3v) is 5.76. The number of hydrogen-bond donors (Lipinski definition) is 1. The lowest BCUT2D eigenvalue weighted by molar-refractivity contribution is 0.0717. The van der Waals surface area contributed by atoms with Gasteiger partial charge in [-0.25, -0.2) is 9.59 Å². The van der Waals surface area contributed by atoms with Crippen molar-refractivity contribution >= 4 is 18.0 Å². The van der Waals surface area contributed by atoms with Crippen LogP contribution in [0, 0.1) is 0 Å². The van der Waals surface area contributed by atoms with Crippen LogP contribution in [-0.4, -0.2) is 42.0 Å². The molecule has 0 aliphatic heterocycles. The van der Waals surface area contributed by atoms with Crippen molar-refractivity contribution in [3.8, 4) is 5.75 Å². The molecule has 3 aromatic carbocycles. The molecule has 35 heavy (non-hydrogen) atoms. The van der Waals surface area contributed by atoms with Crippen molar-refractivity contribution in [3.63, 3.8) is 0 Å². The van der Waals surface area contributed by atoms with Gasteiger partial charge in [-0.05, 0) is 36.1 Å². The first kappa shape index (κ1) is 24.0. The Morgan fingerprint density at radius 1 is 0.914 bits per heavy atom. The molecule has 0 heterocycles. The molecule has 3 aromatic rings. The topological polar surface area (TPSA) is 84.9 Å². The molecule has 0 bridgehead atoms. The third kappa shape index (κ3) is 6.93. The van der Waals surface area contributed by atoms with E-state index in [0.29, 0.717) is 12.0 Å². The number of ketones is 1. The van der Waals surface area contributed by atoms with Crippen LogP contribution in [0.5, 0.6) is 5.75 Å². The molecule has 7 nitrogen and oxygen atoms in total. The minimum absolute atomic E-state index is 0.107. The van der Waals surface area contributed by atoms with Crippen LogP contribution in [0.15, 0.2) is 84.9 Å². The standard InChI is InChI=1S/C28H28N2O5/c1-30(28(33)34-19-21-11-6-3-7-12-21)25(17-20-9-4-2-5-10-20)26(31)22-13-8-14-24(18-22)35-27(32)29-23-15-16-23/h2-14,18,23,25H,15-17,19H2,1H3,(H,29,32)/t25-/m0/s1. The highest BCUT2D eigenvalue weighted by Gasteiger charge is 2.30. The van der Waals surface area contributed by atoms with Gasteiger partial charge >= 0.3 is 12.2 Å². The third-order valence-electron chi connectivity index (χ3n) is 5.76. The highest BCUT2D eigenvalue weighted by Crippen LogP contribution is 2.21. The number of nitrogens with one attached hydrogen (secondary N) is 1. The lowest BCUT2D eigenvalue weighted by Crippen LogP contribution is -2.44. The van der Waals surface area contributed by atoms with E-state index in [9.17, 15) is 14.4 Å². The summed E-state index contributed by atoms with van der Waals surface area (Å²) >= 11 is 0. The molecule has 1 saturated carbocycles. The summed E-state index contributed by atoms with van der Waals surface area (Å²) in [4.78, 5) is 39.8. The molecule has 1 aliphatic rings. The van der Waals surface area contributed by atoms with E-state index in [0.717, 1.165) is 24.0 Å². The summed E-state index contributed by atoms with van der Waals surface area (Å²) in [6.45, 7) is 0.107. The number of ether oxygens (including phenoxy) is 2. The Labute approximate surface area is 204 Å². The second kappa shape index (κ2) is 11.3. The van der Waals surface area contributed by atoms with Gasteiger partial charge in [-0.2, -0.15) is 0 Å². The minimum Gasteiger partial charge on any atom is -0.445 e. The van der Waals surface area contributed by atoms with Crippen LogP contribution >= 0.6 is 0 Å². The summed E-state index contributed by atoms with van der Waals surface area (Å²) in [6.07, 6.45) is 1.06. The Morgan fingerprint density at radius 2 is 1.57 bits per heavy atom. The fourth-order valence-electron chi connectivity index (χ4n) is 3.63. The van der Waals surface area contributed by atoms with E-state index < -0.39 is 18.2 Å². The van der Waals surface area contributed by atoms with Gasteiger partial charge in [-0.3, -0.25) is 4.79 Å². The van der Waals surface area contributed by atoms with Gasteiger partial charge in [0.25, 0.3) is 0 Å². The molecule has 1 atom stereocenters. The van der Waals surface area contributed by atoms with E-state index in [1.54, 1.807) is 25.2 Å². The van der Waals surface area contributed by atoms with Gasteiger partial charge in [-0.1, -0.05) is 72.8 Å². The quantitative estimate of drug-likeness (QED) is 0.443. The van der Waals surface area contributed by atoms with Crippen molar-refractivity contribution in [2.75, 3.05) is 7.05 Å². The summed E-state index contributed by atoms with van der Waals surface area (Å²) < 4.78 is 10.8. The average Bonchev–Trinajstić information content (AvgIpc) is 3.70. The van der Waals surface area contributed by atoms with Crippen LogP contribution in [0.4, 0.5) is 9.59 Å². The van der Waals surface area contributed by atoms with Gasteiger partial charge in [0.2, 0.25) is 0 Å². The molecule has 0 spiro atoms. The molecule has 7 heteroatoms. The Morgan fingerprint density at radius 3 is 2.23 bits per heavy atom. The summed E-state index contributed by atoms with van der Waals surface area (Å²) in [5.74, 6) is -0.0113. The minimum atomic E-state index is -0.809. The summed E-state index contributed by atoms with van der Waals surface area (Å²) in [5, 5.41) is 2.75. The van der Waals surface area contributed by atoms with Crippen molar-refractivity contribution in [1.82, 2.24) is 10.2 Å². The van der Waals surface area contributed by atoms with Crippen LogP contribution in [0.3, 0.4) is 0 Å². The first-order valence-electron chi connectivity index (χ1n) is 11.6. The largest absolute Gasteiger partial charge is 0.445 e. The Kier molecular flexibility index (Phi) is 7.77. The first-order valence-corrected chi connectivity index (χ1v) is 11.6. The molecule has 0 saturated heterocycles. The number of carbonyl (C=O) groups is 3. The van der Waals surface area contributed by atoms with Gasteiger partial charge in [0, 0.05) is 25.1 Å². The van der Waals surface area contributed by atoms with Gasteiger partial charge in [0.1, 0.15) is 18.4 Å². The fraction of sp³-hybridized carbons (Fsp3) is 0.250. The lowest BCUT2D eigenvalue weighted by Gasteiger charge is -2.27. The zero-order valence-electron chi connectivity index (χ0n) is 19.6. The van der Waals surface area contributed by atoms with E-state index in [-0.39, 0.29) is 24.2 Å². The van der Waals surface area contributed by atoms with Crippen LogP contribution in [0.1, 0.15) is 34.3 Å². The number of rotatable bonds is 9. The maximum atomic E-state index is 13.6. The predicted octanol–water partition coefficient (Wildman–Crippen LogP) is 5.00. The molecule has 0 aromatic heterocycles. The Bertz CT molecular complexity index is 1160. The Balaban J connectivity index is 1.50. The SMILES string of the molecule is CN(C(=O)OCc1ccccc1)[C@@H](Cc1ccccc1)C(=O)c1cccc(OC(=O)NC2CC2)c1. The van der Waals surface area contributed by atoms with E-state index >= 15 is 0 Å². The maximum Gasteiger partial charge on any atom is 0.412 e. The zero-order valence-corrected chi connectivity index (χ0v) is 19.6. The number of Topliss-reactive ketones (excluding diaryl/α,β-unsaturated/α-hetero) is 1.